The Kier molecular flexibility index (Phi) is 4.71. The van der Waals surface area contributed by atoms with E-state index in [1.54, 1.807) is 30.3 Å². The summed E-state index contributed by atoms with van der Waals surface area (Å²) in [5, 5.41) is 0. The molecule has 0 aromatic heterocycles. The van der Waals surface area contributed by atoms with Crippen LogP contribution in [0.5, 0.6) is 0 Å². The Bertz CT molecular complexity index is 851. The van der Waals surface area contributed by atoms with Gasteiger partial charge in [-0.1, -0.05) is 18.2 Å². The van der Waals surface area contributed by atoms with Crippen molar-refractivity contribution in [1.29, 1.82) is 0 Å². The molecule has 1 aromatic carbocycles. The van der Waals surface area contributed by atoms with Gasteiger partial charge in [0.2, 0.25) is 10.0 Å². The fourth-order valence-corrected chi connectivity index (χ4v) is 6.97. The van der Waals surface area contributed by atoms with E-state index >= 15 is 0 Å². The first-order chi connectivity index (χ1) is 13.2. The standard InChI is InChI=1S/C19H24N2O6S/c1-11(22)26-18-14-9-17-19(27-12(2)23)15(20(14)3)10-16(18)21(17)28(24,25)13-7-5-4-6-8-13/h4-8,14-19H,9-10H2,1-3H3. The van der Waals surface area contributed by atoms with Gasteiger partial charge in [-0.05, 0) is 32.0 Å². The Morgan fingerprint density at radius 1 is 0.893 bits per heavy atom. The van der Waals surface area contributed by atoms with Crippen LogP contribution >= 0.6 is 0 Å². The van der Waals surface area contributed by atoms with Crippen LogP contribution in [0.1, 0.15) is 26.7 Å². The number of benzene rings is 1. The van der Waals surface area contributed by atoms with Crippen LogP contribution < -0.4 is 0 Å². The molecule has 0 N–H and O–H groups in total. The van der Waals surface area contributed by atoms with Gasteiger partial charge in [-0.25, -0.2) is 8.42 Å². The first-order valence-electron chi connectivity index (χ1n) is 9.36. The van der Waals surface area contributed by atoms with Crippen molar-refractivity contribution >= 4 is 22.0 Å². The minimum Gasteiger partial charge on any atom is -0.459 e. The van der Waals surface area contributed by atoms with Gasteiger partial charge in [-0.15, -0.1) is 0 Å². The molecule has 4 aliphatic heterocycles. The number of likely N-dealkylation sites (N-methyl/N-ethyl adjacent to an activating group) is 1. The van der Waals surface area contributed by atoms with E-state index in [2.05, 4.69) is 4.90 Å². The molecule has 9 heteroatoms. The van der Waals surface area contributed by atoms with Crippen LogP contribution in [-0.4, -0.2) is 73.0 Å². The number of carbonyl (C=O) groups is 2. The summed E-state index contributed by atoms with van der Waals surface area (Å²) in [7, 11) is -1.93. The lowest BCUT2D eigenvalue weighted by Crippen LogP contribution is -2.80. The first kappa shape index (κ1) is 19.4. The van der Waals surface area contributed by atoms with Crippen molar-refractivity contribution in [2.75, 3.05) is 7.05 Å². The largest absolute Gasteiger partial charge is 0.459 e. The van der Waals surface area contributed by atoms with Gasteiger partial charge in [0.25, 0.3) is 0 Å². The summed E-state index contributed by atoms with van der Waals surface area (Å²) in [6.45, 7) is 2.67. The third-order valence-electron chi connectivity index (χ3n) is 6.11. The van der Waals surface area contributed by atoms with Gasteiger partial charge in [-0.3, -0.25) is 14.5 Å². The highest BCUT2D eigenvalue weighted by atomic mass is 32.2. The lowest BCUT2D eigenvalue weighted by Gasteiger charge is -2.63. The second kappa shape index (κ2) is 6.82. The summed E-state index contributed by atoms with van der Waals surface area (Å²) in [5.74, 6) is -0.862. The Balaban J connectivity index is 1.78. The Morgan fingerprint density at radius 2 is 1.36 bits per heavy atom. The highest BCUT2D eigenvalue weighted by Gasteiger charge is 2.64. The van der Waals surface area contributed by atoms with E-state index in [0.29, 0.717) is 12.8 Å². The maximum atomic E-state index is 13.5. The molecule has 28 heavy (non-hydrogen) atoms. The predicted octanol–water partition coefficient (Wildman–Crippen LogP) is 0.768. The fraction of sp³-hybridized carbons (Fsp3) is 0.579. The lowest BCUT2D eigenvalue weighted by atomic mass is 9.71. The van der Waals surface area contributed by atoms with Crippen molar-refractivity contribution in [2.45, 2.75) is 68.0 Å². The lowest BCUT2D eigenvalue weighted by molar-refractivity contribution is -0.211. The summed E-state index contributed by atoms with van der Waals surface area (Å²) < 4.78 is 39.6. The molecule has 0 amide bonds. The molecular weight excluding hydrogens is 384 g/mol. The molecule has 1 aromatic rings. The zero-order valence-electron chi connectivity index (χ0n) is 16.0. The molecule has 5 rings (SSSR count). The van der Waals surface area contributed by atoms with Crippen LogP contribution in [0.4, 0.5) is 0 Å². The number of hydrogen-bond donors (Lipinski definition) is 0. The van der Waals surface area contributed by atoms with Crippen molar-refractivity contribution in [1.82, 2.24) is 9.21 Å². The van der Waals surface area contributed by atoms with E-state index in [-0.39, 0.29) is 17.0 Å². The molecule has 4 heterocycles. The Morgan fingerprint density at radius 3 is 1.79 bits per heavy atom. The minimum atomic E-state index is -3.85. The summed E-state index contributed by atoms with van der Waals surface area (Å²) >= 11 is 0. The average molecular weight is 408 g/mol. The van der Waals surface area contributed by atoms with Crippen molar-refractivity contribution in [3.63, 3.8) is 0 Å². The maximum Gasteiger partial charge on any atom is 0.303 e. The van der Waals surface area contributed by atoms with E-state index in [1.807, 2.05) is 7.05 Å². The number of carbonyl (C=O) groups excluding carboxylic acids is 2. The Labute approximate surface area is 164 Å². The zero-order chi connectivity index (χ0) is 20.2. The van der Waals surface area contributed by atoms with E-state index in [0.717, 1.165) is 0 Å². The maximum absolute atomic E-state index is 13.5. The van der Waals surface area contributed by atoms with Crippen LogP contribution in [0.3, 0.4) is 0 Å². The van der Waals surface area contributed by atoms with Gasteiger partial charge < -0.3 is 9.47 Å². The number of esters is 2. The number of rotatable bonds is 4. The molecule has 4 aliphatic rings. The molecule has 6 unspecified atom stereocenters. The zero-order valence-corrected chi connectivity index (χ0v) is 16.8. The molecule has 4 bridgehead atoms. The number of ether oxygens (including phenoxy) is 2. The topological polar surface area (TPSA) is 93.2 Å². The van der Waals surface area contributed by atoms with Gasteiger partial charge in [0.15, 0.2) is 0 Å². The van der Waals surface area contributed by atoms with Crippen LogP contribution in [0.15, 0.2) is 35.2 Å². The highest BCUT2D eigenvalue weighted by Crippen LogP contribution is 2.48. The molecule has 4 fully saturated rings. The van der Waals surface area contributed by atoms with Crippen LogP contribution in [0, 0.1) is 0 Å². The van der Waals surface area contributed by atoms with E-state index < -0.39 is 46.3 Å². The van der Waals surface area contributed by atoms with Crippen LogP contribution in [0.2, 0.25) is 0 Å². The van der Waals surface area contributed by atoms with Gasteiger partial charge in [0.1, 0.15) is 12.2 Å². The predicted molar refractivity (Wildman–Crippen MR) is 98.7 cm³/mol. The molecule has 6 atom stereocenters. The summed E-state index contributed by atoms with van der Waals surface area (Å²) in [5.41, 5.74) is 0. The van der Waals surface area contributed by atoms with Gasteiger partial charge in [0.05, 0.1) is 29.1 Å². The van der Waals surface area contributed by atoms with Crippen LogP contribution in [-0.2, 0) is 29.1 Å². The SMILES string of the molecule is CC(=O)OC1C2CC3C(OC(C)=O)C(CC1N3S(=O)(=O)c1ccccc1)N2C. The third kappa shape index (κ3) is 2.92. The summed E-state index contributed by atoms with van der Waals surface area (Å²) in [6, 6.07) is 7.03. The second-order valence-electron chi connectivity index (χ2n) is 7.70. The molecule has 0 aliphatic carbocycles. The van der Waals surface area contributed by atoms with E-state index in [1.165, 1.54) is 18.2 Å². The second-order valence-corrected chi connectivity index (χ2v) is 9.55. The number of hydrogen-bond acceptors (Lipinski definition) is 7. The molecule has 8 nitrogen and oxygen atoms in total. The molecule has 4 saturated heterocycles. The number of sulfonamides is 1. The number of nitrogens with zero attached hydrogens (tertiary/aromatic N) is 2. The summed E-state index contributed by atoms with van der Waals surface area (Å²) in [4.78, 5) is 25.7. The molecule has 0 saturated carbocycles. The monoisotopic (exact) mass is 408 g/mol. The van der Waals surface area contributed by atoms with Crippen molar-refractivity contribution in [2.24, 2.45) is 0 Å². The summed E-state index contributed by atoms with van der Waals surface area (Å²) in [6.07, 6.45) is -0.227. The normalized spacial score (nSPS) is 35.0. The van der Waals surface area contributed by atoms with Crippen molar-refractivity contribution in [3.05, 3.63) is 30.3 Å². The van der Waals surface area contributed by atoms with E-state index in [4.69, 9.17) is 9.47 Å². The Hall–Kier alpha value is -1.97. The van der Waals surface area contributed by atoms with Gasteiger partial charge in [-0.2, -0.15) is 4.31 Å². The highest BCUT2D eigenvalue weighted by molar-refractivity contribution is 7.89. The molecule has 152 valence electrons. The van der Waals surface area contributed by atoms with E-state index in [9.17, 15) is 18.0 Å². The van der Waals surface area contributed by atoms with Crippen LogP contribution in [0.25, 0.3) is 0 Å². The van der Waals surface area contributed by atoms with Crippen molar-refractivity contribution in [3.8, 4) is 0 Å². The fourth-order valence-electron chi connectivity index (χ4n) is 5.10. The molecular formula is C19H24N2O6S. The molecule has 0 radical (unpaired) electrons. The average Bonchev–Trinajstić information content (AvgIpc) is 2.62. The molecule has 0 spiro atoms. The number of piperidine rings is 4. The van der Waals surface area contributed by atoms with Gasteiger partial charge in [0, 0.05) is 13.8 Å². The minimum absolute atomic E-state index is 0.105. The quantitative estimate of drug-likeness (QED) is 0.679. The van der Waals surface area contributed by atoms with Gasteiger partial charge >= 0.3 is 11.9 Å². The third-order valence-corrected chi connectivity index (χ3v) is 8.07. The smallest absolute Gasteiger partial charge is 0.303 e. The first-order valence-corrected chi connectivity index (χ1v) is 10.8. The van der Waals surface area contributed by atoms with Crippen molar-refractivity contribution < 1.29 is 27.5 Å².